The Morgan fingerprint density at radius 1 is 1.00 bits per heavy atom. The number of anilines is 2. The topological polar surface area (TPSA) is 73.5 Å². The molecule has 0 radical (unpaired) electrons. The molecule has 3 N–H and O–H groups in total. The fourth-order valence-electron chi connectivity index (χ4n) is 4.12. The molecule has 0 saturated carbocycles. The fraction of sp³-hybridized carbons (Fsp3) is 0.259. The van der Waals surface area contributed by atoms with Crippen molar-refractivity contribution >= 4 is 39.1 Å². The number of halogens is 2. The molecule has 0 aromatic heterocycles. The van der Waals surface area contributed by atoms with Gasteiger partial charge in [-0.25, -0.2) is 4.39 Å². The molecule has 3 aromatic rings. The lowest BCUT2D eigenvalue weighted by Crippen LogP contribution is -2.45. The van der Waals surface area contributed by atoms with Crippen molar-refractivity contribution in [1.82, 2.24) is 10.6 Å². The number of nitrogens with one attached hydrogen (secondary N) is 3. The first-order chi connectivity index (χ1) is 17.0. The molecule has 2 amide bonds. The Hall–Kier alpha value is -3.23. The van der Waals surface area contributed by atoms with Crippen LogP contribution < -0.4 is 20.9 Å². The minimum absolute atomic E-state index is 0.0889. The maximum atomic E-state index is 14.2. The number of aryl methyl sites for hydroxylation is 1. The van der Waals surface area contributed by atoms with E-state index in [1.807, 2.05) is 48.5 Å². The van der Waals surface area contributed by atoms with E-state index in [-0.39, 0.29) is 11.5 Å². The first-order valence-electron chi connectivity index (χ1n) is 11.7. The van der Waals surface area contributed by atoms with Crippen molar-refractivity contribution in [2.45, 2.75) is 18.9 Å². The van der Waals surface area contributed by atoms with Crippen LogP contribution in [0.2, 0.25) is 0 Å². The van der Waals surface area contributed by atoms with Crippen LogP contribution in [0.5, 0.6) is 0 Å². The van der Waals surface area contributed by atoms with Crippen LogP contribution in [0.4, 0.5) is 15.8 Å². The Morgan fingerprint density at radius 2 is 1.71 bits per heavy atom. The average Bonchev–Trinajstić information content (AvgIpc) is 2.88. The Bertz CT molecular complexity index is 1170. The summed E-state index contributed by atoms with van der Waals surface area (Å²) in [5.74, 6) is -1.59. The highest BCUT2D eigenvalue weighted by atomic mass is 79.9. The van der Waals surface area contributed by atoms with Gasteiger partial charge in [-0.05, 0) is 48.7 Å². The normalized spacial score (nSPS) is 14.3. The minimum atomic E-state index is -0.850. The molecule has 1 aliphatic heterocycles. The number of hydrogen-bond donors (Lipinski definition) is 3. The van der Waals surface area contributed by atoms with Gasteiger partial charge < -0.3 is 20.9 Å². The van der Waals surface area contributed by atoms with Gasteiger partial charge in [0.25, 0.3) is 5.91 Å². The van der Waals surface area contributed by atoms with Crippen molar-refractivity contribution < 1.29 is 14.0 Å². The standard InChI is InChI=1S/C27H28BrFN4O2/c28-20-11-13-25(33-16-14-30-15-17-33)24(18-20)32-27(35)23(12-10-19-6-2-1-3-7-19)31-26(34)21-8-4-5-9-22(21)29/h1-9,11,13,18,23,30H,10,12,14-17H2,(H,31,34)(H,32,35). The van der Waals surface area contributed by atoms with Crippen LogP contribution in [-0.2, 0) is 11.2 Å². The molecular weight excluding hydrogens is 511 g/mol. The minimum Gasteiger partial charge on any atom is -0.367 e. The highest BCUT2D eigenvalue weighted by Gasteiger charge is 2.24. The van der Waals surface area contributed by atoms with Crippen LogP contribution in [-0.4, -0.2) is 44.0 Å². The van der Waals surface area contributed by atoms with E-state index in [4.69, 9.17) is 0 Å². The molecule has 4 rings (SSSR count). The van der Waals surface area contributed by atoms with Crippen molar-refractivity contribution in [2.75, 3.05) is 36.4 Å². The zero-order valence-electron chi connectivity index (χ0n) is 19.3. The van der Waals surface area contributed by atoms with Gasteiger partial charge in [0.2, 0.25) is 5.91 Å². The predicted octanol–water partition coefficient (Wildman–Crippen LogP) is 4.37. The van der Waals surface area contributed by atoms with Gasteiger partial charge in [-0.15, -0.1) is 0 Å². The average molecular weight is 539 g/mol. The molecular formula is C27H28BrFN4O2. The van der Waals surface area contributed by atoms with Gasteiger partial charge in [-0.2, -0.15) is 0 Å². The van der Waals surface area contributed by atoms with Crippen LogP contribution in [0.25, 0.3) is 0 Å². The number of hydrogen-bond acceptors (Lipinski definition) is 4. The van der Waals surface area contributed by atoms with Gasteiger partial charge in [0, 0.05) is 30.7 Å². The second-order valence-corrected chi connectivity index (χ2v) is 9.33. The van der Waals surface area contributed by atoms with Crippen molar-refractivity contribution in [2.24, 2.45) is 0 Å². The number of rotatable bonds is 8. The number of carbonyl (C=O) groups excluding carboxylic acids is 2. The van der Waals surface area contributed by atoms with Crippen LogP contribution in [0.3, 0.4) is 0 Å². The summed E-state index contributed by atoms with van der Waals surface area (Å²) in [6.45, 7) is 3.38. The molecule has 1 heterocycles. The maximum Gasteiger partial charge on any atom is 0.254 e. The van der Waals surface area contributed by atoms with Crippen molar-refractivity contribution in [3.8, 4) is 0 Å². The van der Waals surface area contributed by atoms with Crippen molar-refractivity contribution in [1.29, 1.82) is 0 Å². The largest absolute Gasteiger partial charge is 0.367 e. The van der Waals surface area contributed by atoms with Crippen molar-refractivity contribution in [3.63, 3.8) is 0 Å². The van der Waals surface area contributed by atoms with E-state index in [0.717, 1.165) is 41.9 Å². The van der Waals surface area contributed by atoms with E-state index in [1.165, 1.54) is 18.2 Å². The molecule has 8 heteroatoms. The zero-order chi connectivity index (χ0) is 24.6. The molecule has 0 bridgehead atoms. The summed E-state index contributed by atoms with van der Waals surface area (Å²) >= 11 is 3.49. The van der Waals surface area contributed by atoms with E-state index in [2.05, 4.69) is 36.8 Å². The van der Waals surface area contributed by atoms with Crippen LogP contribution in [0.1, 0.15) is 22.3 Å². The van der Waals surface area contributed by atoms with Crippen LogP contribution in [0.15, 0.2) is 77.3 Å². The monoisotopic (exact) mass is 538 g/mol. The Labute approximate surface area is 213 Å². The Kier molecular flexibility index (Phi) is 8.50. The second-order valence-electron chi connectivity index (χ2n) is 8.42. The number of piperazine rings is 1. The molecule has 0 spiro atoms. The van der Waals surface area contributed by atoms with Gasteiger partial charge in [0.05, 0.1) is 16.9 Å². The SMILES string of the molecule is O=C(NC(CCc1ccccc1)C(=O)Nc1cc(Br)ccc1N1CCNCC1)c1ccccc1F. The smallest absolute Gasteiger partial charge is 0.254 e. The molecule has 1 unspecified atom stereocenters. The Balaban J connectivity index is 1.55. The lowest BCUT2D eigenvalue weighted by Gasteiger charge is -2.31. The van der Waals surface area contributed by atoms with E-state index in [1.54, 1.807) is 6.07 Å². The quantitative estimate of drug-likeness (QED) is 0.398. The first kappa shape index (κ1) is 24.9. The van der Waals surface area contributed by atoms with E-state index in [9.17, 15) is 14.0 Å². The lowest BCUT2D eigenvalue weighted by atomic mass is 10.0. The molecule has 1 aliphatic rings. The van der Waals surface area contributed by atoms with Gasteiger partial charge in [-0.1, -0.05) is 58.4 Å². The summed E-state index contributed by atoms with van der Waals surface area (Å²) in [5, 5.41) is 9.10. The van der Waals surface area contributed by atoms with Crippen molar-refractivity contribution in [3.05, 3.63) is 94.2 Å². The lowest BCUT2D eigenvalue weighted by molar-refractivity contribution is -0.118. The van der Waals surface area contributed by atoms with E-state index in [0.29, 0.717) is 18.5 Å². The molecule has 182 valence electrons. The highest BCUT2D eigenvalue weighted by molar-refractivity contribution is 9.10. The van der Waals surface area contributed by atoms with Gasteiger partial charge >= 0.3 is 0 Å². The number of carbonyl (C=O) groups is 2. The summed E-state index contributed by atoms with van der Waals surface area (Å²) in [6, 6.07) is 20.4. The molecule has 1 saturated heterocycles. The van der Waals surface area contributed by atoms with Crippen LogP contribution >= 0.6 is 15.9 Å². The summed E-state index contributed by atoms with van der Waals surface area (Å²) in [7, 11) is 0. The zero-order valence-corrected chi connectivity index (χ0v) is 20.9. The van der Waals surface area contributed by atoms with Gasteiger partial charge in [-0.3, -0.25) is 9.59 Å². The van der Waals surface area contributed by atoms with E-state index < -0.39 is 17.8 Å². The summed E-state index contributed by atoms with van der Waals surface area (Å²) < 4.78 is 15.1. The number of amides is 2. The molecule has 6 nitrogen and oxygen atoms in total. The summed E-state index contributed by atoms with van der Waals surface area (Å²) in [6.07, 6.45) is 0.951. The van der Waals surface area contributed by atoms with Gasteiger partial charge in [0.15, 0.2) is 0 Å². The second kappa shape index (κ2) is 12.0. The molecule has 3 aromatic carbocycles. The summed E-state index contributed by atoms with van der Waals surface area (Å²) in [4.78, 5) is 28.5. The predicted molar refractivity (Wildman–Crippen MR) is 140 cm³/mol. The third kappa shape index (κ3) is 6.68. The Morgan fingerprint density at radius 3 is 2.46 bits per heavy atom. The number of nitrogens with zero attached hydrogens (tertiary/aromatic N) is 1. The third-order valence-electron chi connectivity index (χ3n) is 5.98. The summed E-state index contributed by atoms with van der Waals surface area (Å²) in [5.41, 5.74) is 2.55. The maximum absolute atomic E-state index is 14.2. The fourth-order valence-corrected chi connectivity index (χ4v) is 4.48. The van der Waals surface area contributed by atoms with Gasteiger partial charge in [0.1, 0.15) is 11.9 Å². The van der Waals surface area contributed by atoms with Crippen LogP contribution in [0, 0.1) is 5.82 Å². The molecule has 1 fully saturated rings. The molecule has 1 atom stereocenters. The first-order valence-corrected chi connectivity index (χ1v) is 12.5. The molecule has 35 heavy (non-hydrogen) atoms. The molecule has 0 aliphatic carbocycles. The number of benzene rings is 3. The van der Waals surface area contributed by atoms with E-state index >= 15 is 0 Å². The highest BCUT2D eigenvalue weighted by Crippen LogP contribution is 2.30. The third-order valence-corrected chi connectivity index (χ3v) is 6.47.